The van der Waals surface area contributed by atoms with E-state index in [-0.39, 0.29) is 44.3 Å². The molecule has 100 heavy (non-hydrogen) atoms. The lowest BCUT2D eigenvalue weighted by Crippen LogP contribution is -2.64. The van der Waals surface area contributed by atoms with Gasteiger partial charge in [0.1, 0.15) is 49.7 Å². The van der Waals surface area contributed by atoms with Crippen LogP contribution >= 0.6 is 0 Å². The molecule has 1 amide bonds. The third kappa shape index (κ3) is 20.0. The minimum atomic E-state index is -2.50. The molecule has 9 N–H and O–H groups in total. The number of ether oxygens (including phenoxy) is 7. The molecular weight excluding hydrogens is 1290 g/mol. The van der Waals surface area contributed by atoms with Crippen LogP contribution < -0.4 is 5.32 Å². The zero-order chi connectivity index (χ0) is 71.5. The third-order valence-corrected chi connectivity index (χ3v) is 19.2. The highest BCUT2D eigenvalue weighted by Crippen LogP contribution is 2.47. The van der Waals surface area contributed by atoms with Gasteiger partial charge in [-0.2, -0.15) is 9.90 Å². The smallest absolute Gasteiger partial charge is 0.462 e. The molecule has 23 nitrogen and oxygen atoms in total. The second kappa shape index (κ2) is 36.3. The molecule has 2 bridgehead atoms. The number of nitroso groups, excluding NO2 is 1. The number of aliphatic hydroxyl groups is 8. The van der Waals surface area contributed by atoms with Crippen LogP contribution in [0.4, 0.5) is 9.59 Å². The summed E-state index contributed by atoms with van der Waals surface area (Å²) in [6, 6.07) is 26.6. The van der Waals surface area contributed by atoms with E-state index in [1.54, 1.807) is 86.8 Å². The van der Waals surface area contributed by atoms with Gasteiger partial charge in [0.25, 0.3) is 0 Å². The zero-order valence-electron chi connectivity index (χ0n) is 56.3. The van der Waals surface area contributed by atoms with Crippen molar-refractivity contribution in [2.45, 2.75) is 194 Å². The van der Waals surface area contributed by atoms with E-state index < -0.39 is 166 Å². The number of nitrogens with zero attached hydrogens (tertiary/aromatic N) is 2. The van der Waals surface area contributed by atoms with Crippen LogP contribution in [0.5, 0.6) is 0 Å². The molecule has 9 rings (SSSR count). The van der Waals surface area contributed by atoms with Crippen molar-refractivity contribution in [2.24, 2.45) is 22.0 Å². The summed E-state index contributed by atoms with van der Waals surface area (Å²) in [5.41, 5.74) is 7.66. The normalized spacial score (nSPS) is 34.3. The van der Waals surface area contributed by atoms with Crippen molar-refractivity contribution in [1.82, 2.24) is 5.32 Å². The van der Waals surface area contributed by atoms with Crippen LogP contribution in [-0.2, 0) is 42.7 Å². The molecule has 2 saturated heterocycles. The molecule has 19 atom stereocenters. The summed E-state index contributed by atoms with van der Waals surface area (Å²) in [5.74, 6) is -4.80. The lowest BCUT2D eigenvalue weighted by atomic mass is 9.87. The number of allylic oxidation sites excluding steroid dienone is 12. The van der Waals surface area contributed by atoms with Gasteiger partial charge in [-0.15, -0.1) is 0 Å². The Labute approximate surface area is 581 Å². The number of nitrogens with one attached hydrogen (secondary N) is 1. The van der Waals surface area contributed by atoms with Gasteiger partial charge in [0.15, 0.2) is 12.1 Å². The molecule has 3 heterocycles. The van der Waals surface area contributed by atoms with E-state index in [2.05, 4.69) is 15.5 Å². The Hall–Kier alpha value is -8.39. The van der Waals surface area contributed by atoms with Crippen LogP contribution in [0.3, 0.4) is 0 Å². The first-order valence-corrected chi connectivity index (χ1v) is 34.0. The summed E-state index contributed by atoms with van der Waals surface area (Å²) < 4.78 is 42.3. The highest BCUT2D eigenvalue weighted by atomic mass is 16.7. The van der Waals surface area contributed by atoms with E-state index in [0.717, 1.165) is 44.5 Å². The Morgan fingerprint density at radius 2 is 1.13 bits per heavy atom. The summed E-state index contributed by atoms with van der Waals surface area (Å²) in [5, 5.41) is 97.9. The van der Waals surface area contributed by atoms with Gasteiger partial charge in [-0.1, -0.05) is 201 Å². The number of benzene rings is 4. The summed E-state index contributed by atoms with van der Waals surface area (Å²) in [6.45, 7) is 6.43. The number of cyclic esters (lactones) is 1. The number of alkyl carbamates (subject to hydrolysis) is 1. The number of aliphatic hydroxyl groups excluding tert-OH is 7. The van der Waals surface area contributed by atoms with Gasteiger partial charge in [0, 0.05) is 49.4 Å². The van der Waals surface area contributed by atoms with Crippen LogP contribution in [0.1, 0.15) is 113 Å². The average molecular weight is 1380 g/mol. The van der Waals surface area contributed by atoms with Gasteiger partial charge in [-0.05, 0) is 77.6 Å². The monoisotopic (exact) mass is 1380 g/mol. The van der Waals surface area contributed by atoms with Crippen LogP contribution in [-0.4, -0.2) is 182 Å². The number of carbonyl (C=O) groups is 3. The van der Waals surface area contributed by atoms with Crippen molar-refractivity contribution in [3.63, 3.8) is 0 Å². The Morgan fingerprint density at radius 1 is 0.610 bits per heavy atom. The molecular formula is C77H91N3O20. The molecule has 0 radical (unpaired) electrons. The van der Waals surface area contributed by atoms with Crippen molar-refractivity contribution in [2.75, 3.05) is 13.2 Å². The molecule has 2 aliphatic carbocycles. The van der Waals surface area contributed by atoms with Gasteiger partial charge in [0.2, 0.25) is 6.08 Å². The van der Waals surface area contributed by atoms with Gasteiger partial charge >= 0.3 is 18.2 Å². The largest absolute Gasteiger partial charge is 0.508 e. The quantitative estimate of drug-likeness (QED) is 0.0235. The molecule has 4 aromatic rings. The number of amides is 1. The molecule has 2 fully saturated rings. The fraction of sp³-hybridized carbons (Fsp3) is 0.455. The fourth-order valence-electron chi connectivity index (χ4n) is 13.7. The Morgan fingerprint density at radius 3 is 1.67 bits per heavy atom. The summed E-state index contributed by atoms with van der Waals surface area (Å²) >= 11 is 0. The van der Waals surface area contributed by atoms with E-state index in [1.165, 1.54) is 19.1 Å². The lowest BCUT2D eigenvalue weighted by Gasteiger charge is -2.46. The number of carbonyl (C=O) groups excluding carboxylic acids is 4. The second-order valence-corrected chi connectivity index (χ2v) is 26.3. The van der Waals surface area contributed by atoms with Gasteiger partial charge in [-0.3, -0.25) is 4.79 Å². The zero-order valence-corrected chi connectivity index (χ0v) is 56.3. The Balaban J connectivity index is 0.981. The summed E-state index contributed by atoms with van der Waals surface area (Å²) in [4.78, 5) is 69.7. The van der Waals surface area contributed by atoms with Crippen LogP contribution in [0.2, 0.25) is 0 Å². The van der Waals surface area contributed by atoms with E-state index in [0.29, 0.717) is 0 Å². The Bertz CT molecular complexity index is 3590. The molecule has 4 aromatic carbocycles. The maximum Gasteiger partial charge on any atom is 0.508 e. The SMILES string of the molecule is CC1/C=C/C=C/C=C/C=C/C=C/C=C/C=C/C(OC2OC(C)C(O)C(NC(=O)OCC3c4ccccc4-c4ccccc43)C2O)CC2OC(O)(CC(O)CC(O)C(N=O)CCC(O)CC(O)CC(=O)OC(C)C(C)C1O)CC(OC(=O)OCC1c3ccccc3-c3ccccc31)C2N=C=O. The highest BCUT2D eigenvalue weighted by molar-refractivity contribution is 5.80. The topological polar surface area (TPSA) is 349 Å². The number of esters is 1. The summed E-state index contributed by atoms with van der Waals surface area (Å²) in [7, 11) is 0. The van der Waals surface area contributed by atoms with Crippen LogP contribution in [0.25, 0.3) is 22.3 Å². The van der Waals surface area contributed by atoms with Gasteiger partial charge in [0.05, 0.1) is 61.3 Å². The number of hydrogen-bond donors (Lipinski definition) is 9. The lowest BCUT2D eigenvalue weighted by molar-refractivity contribution is -0.302. The summed E-state index contributed by atoms with van der Waals surface area (Å²) in [6.07, 6.45) is 2.05. The molecule has 23 heteroatoms. The second-order valence-electron chi connectivity index (χ2n) is 26.3. The van der Waals surface area contributed by atoms with Crippen LogP contribution in [0, 0.1) is 16.7 Å². The predicted octanol–water partition coefficient (Wildman–Crippen LogP) is 9.04. The van der Waals surface area contributed by atoms with E-state index in [9.17, 15) is 64.9 Å². The van der Waals surface area contributed by atoms with Gasteiger partial charge < -0.3 is 79.3 Å². The van der Waals surface area contributed by atoms with E-state index in [4.69, 9.17) is 33.2 Å². The number of isocyanates is 1. The first-order valence-electron chi connectivity index (χ1n) is 34.0. The van der Waals surface area contributed by atoms with Gasteiger partial charge in [-0.25, -0.2) is 14.4 Å². The third-order valence-electron chi connectivity index (χ3n) is 19.2. The first-order chi connectivity index (χ1) is 48.1. The van der Waals surface area contributed by atoms with Crippen molar-refractivity contribution < 1.29 is 93.2 Å². The maximum atomic E-state index is 14.1. The fourth-order valence-corrected chi connectivity index (χ4v) is 13.7. The van der Waals surface area contributed by atoms with Crippen molar-refractivity contribution in [1.29, 1.82) is 0 Å². The molecule has 19 unspecified atom stereocenters. The Kier molecular flexibility index (Phi) is 27.5. The highest BCUT2D eigenvalue weighted by Gasteiger charge is 2.52. The number of aliphatic imine (C=N–C) groups is 1. The van der Waals surface area contributed by atoms with Crippen molar-refractivity contribution >= 4 is 24.3 Å². The molecule has 0 spiro atoms. The van der Waals surface area contributed by atoms with Crippen molar-refractivity contribution in [3.05, 3.63) is 209 Å². The minimum Gasteiger partial charge on any atom is -0.462 e. The minimum absolute atomic E-state index is 0.0757. The van der Waals surface area contributed by atoms with E-state index >= 15 is 0 Å². The van der Waals surface area contributed by atoms with Crippen LogP contribution in [0.15, 0.2) is 192 Å². The average Bonchev–Trinajstić information content (AvgIpc) is 1.57. The maximum absolute atomic E-state index is 14.1. The number of rotatable bonds is 10. The first kappa shape index (κ1) is 75.8. The van der Waals surface area contributed by atoms with Crippen molar-refractivity contribution in [3.8, 4) is 22.3 Å². The molecule has 0 aromatic heterocycles. The standard InChI is InChI=1S/C77H91N3O20/c1-46-25-15-13-11-9-7-5-6-8-10-12-14-16-26-53(98-74-73(89)70(72(88)49(4)97-74)79-75(90)94-43-62-58-31-21-17-27-54(58)55-28-18-22-32-59(55)62)40-66-69(78-45-81)67(99-76(91)95-44-63-60-33-23-19-29-56(60)57-30-20-24-34-61(57)63)42-77(92,100-66)41-52(84)38-65(85)64(80-93)36-35-50(82)37-51(83)39-68(86)96-48(3)47(2)71(46)87/h5-34,46-53,62-67,69-74,82-85,87-89,92H,35-44H2,1-4H3,(H,79,90)/b6-5+,9-7+,10-8+,13-11+,14-12+,25-15+,26-16+. The van der Waals surface area contributed by atoms with E-state index in [1.807, 2.05) is 110 Å². The molecule has 5 aliphatic rings. The molecule has 0 saturated carbocycles. The number of hydrogen-bond acceptors (Lipinski definition) is 22. The predicted molar refractivity (Wildman–Crippen MR) is 369 cm³/mol. The molecule has 3 aliphatic heterocycles. The number of fused-ring (bicyclic) bond motifs is 8. The molecule has 534 valence electrons.